The van der Waals surface area contributed by atoms with Gasteiger partial charge in [0.25, 0.3) is 0 Å². The van der Waals surface area contributed by atoms with Crippen LogP contribution in [0.25, 0.3) is 0 Å². The molecule has 2 rings (SSSR count). The average Bonchev–Trinajstić information content (AvgIpc) is 2.99. The van der Waals surface area contributed by atoms with Gasteiger partial charge in [-0.3, -0.25) is 4.79 Å². The smallest absolute Gasteiger partial charge is 0.172 e. The van der Waals surface area contributed by atoms with E-state index < -0.39 is 0 Å². The molecule has 0 saturated carbocycles. The van der Waals surface area contributed by atoms with E-state index >= 15 is 0 Å². The molecule has 1 heterocycles. The molecule has 0 saturated heterocycles. The first kappa shape index (κ1) is 14.8. The normalized spacial score (nSPS) is 10.4. The highest BCUT2D eigenvalue weighted by Crippen LogP contribution is 2.19. The lowest BCUT2D eigenvalue weighted by molar-refractivity contribution is 0.0977. The molecule has 0 aliphatic carbocycles. The van der Waals surface area contributed by atoms with Crippen LogP contribution < -0.4 is 4.74 Å². The zero-order valence-electron chi connectivity index (χ0n) is 11.2. The molecule has 1 aromatic heterocycles. The van der Waals surface area contributed by atoms with E-state index in [2.05, 4.69) is 0 Å². The van der Waals surface area contributed by atoms with E-state index in [-0.39, 0.29) is 12.4 Å². The Bertz CT molecular complexity index is 534. The first-order valence-corrected chi connectivity index (χ1v) is 7.57. The molecule has 0 aliphatic rings. The molecule has 20 heavy (non-hydrogen) atoms. The van der Waals surface area contributed by atoms with E-state index in [0.29, 0.717) is 25.9 Å². The van der Waals surface area contributed by atoms with Crippen LogP contribution in [0.2, 0.25) is 0 Å². The van der Waals surface area contributed by atoms with Crippen molar-refractivity contribution in [3.05, 3.63) is 52.2 Å². The molecule has 0 bridgehead atoms. The topological polar surface area (TPSA) is 46.5 Å². The number of carbonyl (C=O) groups excluding carboxylic acids is 1. The summed E-state index contributed by atoms with van der Waals surface area (Å²) >= 11 is 1.48. The van der Waals surface area contributed by atoms with Gasteiger partial charge in [-0.1, -0.05) is 24.3 Å². The molecule has 0 unspecified atom stereocenters. The lowest BCUT2D eigenvalue weighted by atomic mass is 10.1. The minimum atomic E-state index is 0.108. The van der Waals surface area contributed by atoms with Crippen LogP contribution in [0, 0.1) is 0 Å². The number of ether oxygens (including phenoxy) is 1. The molecular weight excluding hydrogens is 272 g/mol. The summed E-state index contributed by atoms with van der Waals surface area (Å²) in [4.78, 5) is 12.6. The van der Waals surface area contributed by atoms with Crippen molar-refractivity contribution in [1.29, 1.82) is 0 Å². The third-order valence-electron chi connectivity index (χ3n) is 2.96. The summed E-state index contributed by atoms with van der Waals surface area (Å²) in [5.41, 5.74) is 1.000. The number of benzene rings is 1. The van der Waals surface area contributed by atoms with E-state index in [0.717, 1.165) is 16.2 Å². The van der Waals surface area contributed by atoms with E-state index in [1.807, 2.05) is 41.8 Å². The number of aliphatic hydroxyl groups is 1. The average molecular weight is 290 g/mol. The summed E-state index contributed by atoms with van der Waals surface area (Å²) < 4.78 is 5.70. The van der Waals surface area contributed by atoms with Gasteiger partial charge in [0.1, 0.15) is 5.75 Å². The van der Waals surface area contributed by atoms with Gasteiger partial charge in [-0.25, -0.2) is 0 Å². The van der Waals surface area contributed by atoms with E-state index in [9.17, 15) is 4.79 Å². The van der Waals surface area contributed by atoms with Gasteiger partial charge < -0.3 is 9.84 Å². The number of rotatable bonds is 8. The van der Waals surface area contributed by atoms with Crippen LogP contribution in [0.1, 0.15) is 28.1 Å². The van der Waals surface area contributed by atoms with Crippen molar-refractivity contribution < 1.29 is 14.6 Å². The fourth-order valence-corrected chi connectivity index (χ4v) is 2.64. The van der Waals surface area contributed by atoms with Gasteiger partial charge in [0.2, 0.25) is 0 Å². The van der Waals surface area contributed by atoms with Gasteiger partial charge in [0, 0.05) is 13.0 Å². The minimum Gasteiger partial charge on any atom is -0.493 e. The Morgan fingerprint density at radius 3 is 2.80 bits per heavy atom. The van der Waals surface area contributed by atoms with Crippen molar-refractivity contribution in [3.63, 3.8) is 0 Å². The second kappa shape index (κ2) is 7.82. The second-order valence-corrected chi connectivity index (χ2v) is 5.38. The van der Waals surface area contributed by atoms with Crippen LogP contribution in [0.4, 0.5) is 0 Å². The van der Waals surface area contributed by atoms with Crippen molar-refractivity contribution in [2.45, 2.75) is 19.3 Å². The summed E-state index contributed by atoms with van der Waals surface area (Å²) in [6.07, 6.45) is 1.79. The highest BCUT2D eigenvalue weighted by atomic mass is 32.1. The summed E-state index contributed by atoms with van der Waals surface area (Å²) in [5.74, 6) is 0.970. The van der Waals surface area contributed by atoms with Crippen LogP contribution in [-0.2, 0) is 6.42 Å². The fraction of sp³-hybridized carbons (Fsp3) is 0.312. The maximum Gasteiger partial charge on any atom is 0.172 e. The lowest BCUT2D eigenvalue weighted by Gasteiger charge is -2.10. The third-order valence-corrected chi connectivity index (χ3v) is 3.87. The monoisotopic (exact) mass is 290 g/mol. The molecule has 4 heteroatoms. The SMILES string of the molecule is O=C(CCCOc1ccccc1CCO)c1cccs1. The number of thiophene rings is 1. The Morgan fingerprint density at radius 1 is 1.20 bits per heavy atom. The molecule has 0 spiro atoms. The number of Topliss-reactive ketones (excluding diaryl/α,β-unsaturated/α-hetero) is 1. The van der Waals surface area contributed by atoms with Gasteiger partial charge in [-0.2, -0.15) is 0 Å². The van der Waals surface area contributed by atoms with Crippen LogP contribution >= 0.6 is 11.3 Å². The van der Waals surface area contributed by atoms with Gasteiger partial charge >= 0.3 is 0 Å². The number of hydrogen-bond donors (Lipinski definition) is 1. The van der Waals surface area contributed by atoms with Crippen molar-refractivity contribution in [2.75, 3.05) is 13.2 Å². The molecule has 3 nitrogen and oxygen atoms in total. The Hall–Kier alpha value is -1.65. The first-order chi connectivity index (χ1) is 9.81. The highest BCUT2D eigenvalue weighted by molar-refractivity contribution is 7.12. The quantitative estimate of drug-likeness (QED) is 0.599. The van der Waals surface area contributed by atoms with E-state index in [1.165, 1.54) is 11.3 Å². The Labute approximate surface area is 122 Å². The predicted molar refractivity (Wildman–Crippen MR) is 80.6 cm³/mol. The van der Waals surface area contributed by atoms with E-state index in [1.54, 1.807) is 0 Å². The Morgan fingerprint density at radius 2 is 2.05 bits per heavy atom. The Balaban J connectivity index is 1.77. The third kappa shape index (κ3) is 4.18. The maximum absolute atomic E-state index is 11.8. The van der Waals surface area contributed by atoms with Gasteiger partial charge in [-0.05, 0) is 35.9 Å². The van der Waals surface area contributed by atoms with Gasteiger partial charge in [0.05, 0.1) is 11.5 Å². The molecular formula is C16H18O3S. The van der Waals surface area contributed by atoms with Crippen molar-refractivity contribution in [3.8, 4) is 5.75 Å². The first-order valence-electron chi connectivity index (χ1n) is 6.69. The fourth-order valence-electron chi connectivity index (χ4n) is 1.95. The predicted octanol–water partition coefficient (Wildman–Crippen LogP) is 3.32. The molecule has 106 valence electrons. The standard InChI is InChI=1S/C16H18O3S/c17-10-9-13-5-1-2-7-15(13)19-11-3-6-14(18)16-8-4-12-20-16/h1-2,4-5,7-8,12,17H,3,6,9-11H2. The number of hydrogen-bond acceptors (Lipinski definition) is 4. The summed E-state index contributed by atoms with van der Waals surface area (Å²) in [6, 6.07) is 11.4. The van der Waals surface area contributed by atoms with Crippen molar-refractivity contribution >= 4 is 17.1 Å². The largest absolute Gasteiger partial charge is 0.493 e. The molecule has 2 aromatic rings. The molecule has 0 aliphatic heterocycles. The zero-order valence-corrected chi connectivity index (χ0v) is 12.1. The number of para-hydroxylation sites is 1. The van der Waals surface area contributed by atoms with Crippen molar-refractivity contribution in [2.24, 2.45) is 0 Å². The molecule has 0 amide bonds. The summed E-state index contributed by atoms with van der Waals surface area (Å²) in [5, 5.41) is 10.9. The molecule has 1 aromatic carbocycles. The minimum absolute atomic E-state index is 0.108. The second-order valence-electron chi connectivity index (χ2n) is 4.43. The number of aliphatic hydroxyl groups excluding tert-OH is 1. The lowest BCUT2D eigenvalue weighted by Crippen LogP contribution is -2.04. The number of carbonyl (C=O) groups is 1. The highest BCUT2D eigenvalue weighted by Gasteiger charge is 2.07. The van der Waals surface area contributed by atoms with Gasteiger partial charge in [0.15, 0.2) is 5.78 Å². The molecule has 0 radical (unpaired) electrons. The van der Waals surface area contributed by atoms with Crippen LogP contribution in [0.15, 0.2) is 41.8 Å². The Kier molecular flexibility index (Phi) is 5.77. The zero-order chi connectivity index (χ0) is 14.2. The molecule has 1 N–H and O–H groups in total. The molecule has 0 fully saturated rings. The van der Waals surface area contributed by atoms with Crippen LogP contribution in [0.5, 0.6) is 5.75 Å². The summed E-state index contributed by atoms with van der Waals surface area (Å²) in [7, 11) is 0. The van der Waals surface area contributed by atoms with Crippen LogP contribution in [-0.4, -0.2) is 24.1 Å². The maximum atomic E-state index is 11.8. The molecule has 0 atom stereocenters. The van der Waals surface area contributed by atoms with Crippen molar-refractivity contribution in [1.82, 2.24) is 0 Å². The van der Waals surface area contributed by atoms with E-state index in [4.69, 9.17) is 9.84 Å². The van der Waals surface area contributed by atoms with Gasteiger partial charge in [-0.15, -0.1) is 11.3 Å². The van der Waals surface area contributed by atoms with Crippen LogP contribution in [0.3, 0.4) is 0 Å². The number of ketones is 1. The summed E-state index contributed by atoms with van der Waals surface area (Å²) in [6.45, 7) is 0.622.